The maximum Gasteiger partial charge on any atom is 0.219 e. The Bertz CT molecular complexity index is 248. The Morgan fingerprint density at radius 1 is 1.44 bits per heavy atom. The van der Waals surface area contributed by atoms with Crippen LogP contribution in [0.25, 0.3) is 0 Å². The Balaban J connectivity index is 2.27. The Kier molecular flexibility index (Phi) is 6.65. The van der Waals surface area contributed by atoms with Gasteiger partial charge >= 0.3 is 0 Å². The molecule has 1 amide bonds. The summed E-state index contributed by atoms with van der Waals surface area (Å²) in [6.45, 7) is 3.50. The molecule has 1 saturated carbocycles. The van der Waals surface area contributed by atoms with Gasteiger partial charge in [-0.05, 0) is 38.0 Å². The van der Waals surface area contributed by atoms with Crippen molar-refractivity contribution in [3.63, 3.8) is 0 Å². The van der Waals surface area contributed by atoms with Gasteiger partial charge in [0, 0.05) is 26.6 Å². The minimum absolute atomic E-state index is 0.0788. The van der Waals surface area contributed by atoms with E-state index in [1.165, 1.54) is 19.3 Å². The van der Waals surface area contributed by atoms with E-state index < -0.39 is 0 Å². The number of amides is 1. The first-order valence-electron chi connectivity index (χ1n) is 7.20. The van der Waals surface area contributed by atoms with E-state index in [-0.39, 0.29) is 11.5 Å². The summed E-state index contributed by atoms with van der Waals surface area (Å²) < 4.78 is 6.00. The van der Waals surface area contributed by atoms with Crippen molar-refractivity contribution >= 4 is 5.91 Å². The van der Waals surface area contributed by atoms with Crippen molar-refractivity contribution in [2.45, 2.75) is 57.5 Å². The number of nitrogens with one attached hydrogen (secondary N) is 1. The third-order valence-corrected chi connectivity index (χ3v) is 4.20. The van der Waals surface area contributed by atoms with Crippen LogP contribution in [0.5, 0.6) is 0 Å². The molecule has 1 fully saturated rings. The third-order valence-electron chi connectivity index (χ3n) is 4.20. The van der Waals surface area contributed by atoms with E-state index in [0.717, 1.165) is 25.2 Å². The van der Waals surface area contributed by atoms with Crippen LogP contribution in [0.3, 0.4) is 0 Å². The first kappa shape index (κ1) is 15.4. The molecule has 1 aliphatic carbocycles. The molecule has 18 heavy (non-hydrogen) atoms. The Hall–Kier alpha value is -0.610. The van der Waals surface area contributed by atoms with Gasteiger partial charge in [0.25, 0.3) is 0 Å². The van der Waals surface area contributed by atoms with Gasteiger partial charge in [0.15, 0.2) is 0 Å². The van der Waals surface area contributed by atoms with Crippen LogP contribution >= 0.6 is 0 Å². The molecule has 4 nitrogen and oxygen atoms in total. The number of rotatable bonds is 7. The van der Waals surface area contributed by atoms with E-state index in [1.54, 1.807) is 7.05 Å². The highest BCUT2D eigenvalue weighted by Crippen LogP contribution is 2.35. The molecule has 0 unspecified atom stereocenters. The molecular formula is C14H28N2O2. The molecule has 106 valence electrons. The molecule has 0 heterocycles. The second-order valence-corrected chi connectivity index (χ2v) is 5.36. The van der Waals surface area contributed by atoms with Crippen molar-refractivity contribution in [3.8, 4) is 0 Å². The SMILES string of the molecule is CCC1CCC(CN)(OCCCC(=O)NC)CC1. The van der Waals surface area contributed by atoms with Gasteiger partial charge in [-0.15, -0.1) is 0 Å². The van der Waals surface area contributed by atoms with E-state index >= 15 is 0 Å². The molecule has 0 radical (unpaired) electrons. The molecule has 0 aromatic rings. The van der Waals surface area contributed by atoms with Gasteiger partial charge in [0.1, 0.15) is 0 Å². The van der Waals surface area contributed by atoms with Crippen LogP contribution < -0.4 is 11.1 Å². The smallest absolute Gasteiger partial charge is 0.219 e. The fourth-order valence-corrected chi connectivity index (χ4v) is 2.67. The summed E-state index contributed by atoms with van der Waals surface area (Å²) >= 11 is 0. The van der Waals surface area contributed by atoms with Crippen LogP contribution in [0.1, 0.15) is 51.9 Å². The number of hydrogen-bond acceptors (Lipinski definition) is 3. The van der Waals surface area contributed by atoms with Gasteiger partial charge in [-0.2, -0.15) is 0 Å². The zero-order valence-electron chi connectivity index (χ0n) is 11.8. The molecule has 0 spiro atoms. The molecule has 0 aromatic carbocycles. The van der Waals surface area contributed by atoms with Gasteiger partial charge in [0.2, 0.25) is 5.91 Å². The number of nitrogens with two attached hydrogens (primary N) is 1. The molecule has 0 bridgehead atoms. The summed E-state index contributed by atoms with van der Waals surface area (Å²) in [6.07, 6.45) is 7.17. The third kappa shape index (κ3) is 4.58. The van der Waals surface area contributed by atoms with Crippen molar-refractivity contribution < 1.29 is 9.53 Å². The minimum atomic E-state index is -0.117. The highest BCUT2D eigenvalue weighted by molar-refractivity contribution is 5.75. The summed E-state index contributed by atoms with van der Waals surface area (Å²) in [5, 5.41) is 2.62. The van der Waals surface area contributed by atoms with Gasteiger partial charge in [-0.1, -0.05) is 13.3 Å². The monoisotopic (exact) mass is 256 g/mol. The number of carbonyl (C=O) groups is 1. The lowest BCUT2D eigenvalue weighted by Gasteiger charge is -2.39. The summed E-state index contributed by atoms with van der Waals surface area (Å²) in [7, 11) is 1.66. The molecule has 0 aliphatic heterocycles. The Labute approximate surface area is 111 Å². The van der Waals surface area contributed by atoms with Crippen molar-refractivity contribution in [2.75, 3.05) is 20.2 Å². The first-order valence-corrected chi connectivity index (χ1v) is 7.20. The van der Waals surface area contributed by atoms with E-state index in [2.05, 4.69) is 12.2 Å². The Morgan fingerprint density at radius 3 is 2.61 bits per heavy atom. The van der Waals surface area contributed by atoms with Crippen LogP contribution in [0.4, 0.5) is 0 Å². The van der Waals surface area contributed by atoms with Crippen LogP contribution in [0.15, 0.2) is 0 Å². The molecule has 3 N–H and O–H groups in total. The predicted octanol–water partition coefficient (Wildman–Crippen LogP) is 1.83. The molecule has 0 saturated heterocycles. The lowest BCUT2D eigenvalue weighted by atomic mass is 9.77. The average molecular weight is 256 g/mol. The zero-order valence-corrected chi connectivity index (χ0v) is 11.8. The van der Waals surface area contributed by atoms with Gasteiger partial charge in [-0.25, -0.2) is 0 Å². The normalized spacial score (nSPS) is 28.1. The van der Waals surface area contributed by atoms with E-state index in [4.69, 9.17) is 10.5 Å². The lowest BCUT2D eigenvalue weighted by molar-refractivity contribution is -0.121. The van der Waals surface area contributed by atoms with Gasteiger partial charge in [0.05, 0.1) is 5.60 Å². The van der Waals surface area contributed by atoms with Gasteiger partial charge < -0.3 is 15.8 Å². The maximum atomic E-state index is 11.1. The van der Waals surface area contributed by atoms with Crippen LogP contribution in [0, 0.1) is 5.92 Å². The average Bonchev–Trinajstić information content (AvgIpc) is 2.44. The second kappa shape index (κ2) is 7.74. The van der Waals surface area contributed by atoms with Crippen molar-refractivity contribution in [1.82, 2.24) is 5.32 Å². The Morgan fingerprint density at radius 2 is 2.11 bits per heavy atom. The van der Waals surface area contributed by atoms with E-state index in [0.29, 0.717) is 19.6 Å². The predicted molar refractivity (Wildman–Crippen MR) is 73.3 cm³/mol. The lowest BCUT2D eigenvalue weighted by Crippen LogP contribution is -2.44. The number of carbonyl (C=O) groups excluding carboxylic acids is 1. The summed E-state index contributed by atoms with van der Waals surface area (Å²) in [5.41, 5.74) is 5.77. The van der Waals surface area contributed by atoms with Gasteiger partial charge in [-0.3, -0.25) is 4.79 Å². The zero-order chi connectivity index (χ0) is 13.4. The molecule has 0 aromatic heterocycles. The molecular weight excluding hydrogens is 228 g/mol. The largest absolute Gasteiger partial charge is 0.374 e. The van der Waals surface area contributed by atoms with Crippen LogP contribution in [-0.4, -0.2) is 31.7 Å². The maximum absolute atomic E-state index is 11.1. The van der Waals surface area contributed by atoms with Crippen molar-refractivity contribution in [3.05, 3.63) is 0 Å². The molecule has 4 heteroatoms. The van der Waals surface area contributed by atoms with E-state index in [9.17, 15) is 4.79 Å². The summed E-state index contributed by atoms with van der Waals surface area (Å²) in [6, 6.07) is 0. The standard InChI is InChI=1S/C14H28N2O2/c1-3-12-6-8-14(11-15,9-7-12)18-10-4-5-13(17)16-2/h12H,3-11,15H2,1-2H3,(H,16,17). The fourth-order valence-electron chi connectivity index (χ4n) is 2.67. The van der Waals surface area contributed by atoms with Crippen LogP contribution in [0.2, 0.25) is 0 Å². The van der Waals surface area contributed by atoms with Crippen LogP contribution in [-0.2, 0) is 9.53 Å². The summed E-state index contributed by atoms with van der Waals surface area (Å²) in [4.78, 5) is 11.1. The fraction of sp³-hybridized carbons (Fsp3) is 0.929. The molecule has 1 aliphatic rings. The molecule has 0 atom stereocenters. The first-order chi connectivity index (χ1) is 8.65. The summed E-state index contributed by atoms with van der Waals surface area (Å²) in [5.74, 6) is 0.925. The number of hydrogen-bond donors (Lipinski definition) is 2. The van der Waals surface area contributed by atoms with E-state index in [1.807, 2.05) is 0 Å². The molecule has 1 rings (SSSR count). The second-order valence-electron chi connectivity index (χ2n) is 5.36. The highest BCUT2D eigenvalue weighted by Gasteiger charge is 2.34. The van der Waals surface area contributed by atoms with Crippen molar-refractivity contribution in [2.24, 2.45) is 11.7 Å². The quantitative estimate of drug-likeness (QED) is 0.683. The number of ether oxygens (including phenoxy) is 1. The topological polar surface area (TPSA) is 64.3 Å². The minimum Gasteiger partial charge on any atom is -0.374 e. The highest BCUT2D eigenvalue weighted by atomic mass is 16.5. The van der Waals surface area contributed by atoms with Crippen molar-refractivity contribution in [1.29, 1.82) is 0 Å².